The van der Waals surface area contributed by atoms with Crippen LogP contribution in [-0.4, -0.2) is 43.3 Å². The molecule has 0 saturated heterocycles. The molecule has 0 saturated carbocycles. The molecule has 1 aromatic heterocycles. The van der Waals surface area contributed by atoms with Gasteiger partial charge in [-0.3, -0.25) is 4.79 Å². The van der Waals surface area contributed by atoms with Crippen molar-refractivity contribution < 1.29 is 18.8 Å². The minimum Gasteiger partial charge on any atom is -0.497 e. The van der Waals surface area contributed by atoms with Crippen LogP contribution in [0.15, 0.2) is 28.8 Å². The van der Waals surface area contributed by atoms with Crippen LogP contribution in [0.25, 0.3) is 11.3 Å². The molecule has 0 aliphatic rings. The molecule has 1 amide bonds. The molecule has 6 heteroatoms. The molecule has 6 nitrogen and oxygen atoms in total. The Morgan fingerprint density at radius 2 is 1.92 bits per heavy atom. The third-order valence-electron chi connectivity index (χ3n) is 4.20. The van der Waals surface area contributed by atoms with Gasteiger partial charge in [0.1, 0.15) is 11.5 Å². The second-order valence-electron chi connectivity index (χ2n) is 6.54. The molecule has 0 bridgehead atoms. The Balaban J connectivity index is 2.26. The summed E-state index contributed by atoms with van der Waals surface area (Å²) in [4.78, 5) is 14.3. The summed E-state index contributed by atoms with van der Waals surface area (Å²) in [7, 11) is 4.96. The van der Waals surface area contributed by atoms with E-state index in [2.05, 4.69) is 19.0 Å². The van der Waals surface area contributed by atoms with Crippen molar-refractivity contribution >= 4 is 5.91 Å². The van der Waals surface area contributed by atoms with Crippen LogP contribution in [0, 0.1) is 5.92 Å². The van der Waals surface area contributed by atoms with Gasteiger partial charge in [-0.25, -0.2) is 0 Å². The number of nitrogens with zero attached hydrogens (tertiary/aromatic N) is 2. The number of hydrogen-bond donors (Lipinski definition) is 0. The Hall–Kier alpha value is -2.50. The first kappa shape index (κ1) is 18.8. The number of rotatable bonds is 7. The zero-order valence-electron chi connectivity index (χ0n) is 15.7. The zero-order chi connectivity index (χ0) is 18.6. The van der Waals surface area contributed by atoms with Gasteiger partial charge in [-0.2, -0.15) is 0 Å². The molecule has 0 spiro atoms. The molecule has 0 aliphatic carbocycles. The number of amides is 1. The fourth-order valence-electron chi connectivity index (χ4n) is 2.73. The molecular formula is C19H26N2O4. The fourth-order valence-corrected chi connectivity index (χ4v) is 2.73. The van der Waals surface area contributed by atoms with Crippen LogP contribution in [0.1, 0.15) is 37.7 Å². The number of benzene rings is 1. The highest BCUT2D eigenvalue weighted by atomic mass is 16.5. The number of hydrogen-bond acceptors (Lipinski definition) is 5. The summed E-state index contributed by atoms with van der Waals surface area (Å²) in [5.41, 5.74) is 0.962. The summed E-state index contributed by atoms with van der Waals surface area (Å²) in [6.45, 7) is 6.31. The molecule has 1 aromatic carbocycles. The average Bonchev–Trinajstić information content (AvgIpc) is 3.09. The number of carbonyl (C=O) groups is 1. The molecule has 1 atom stereocenters. The van der Waals surface area contributed by atoms with Gasteiger partial charge in [0.15, 0.2) is 11.5 Å². The van der Waals surface area contributed by atoms with Crippen molar-refractivity contribution in [3.8, 4) is 22.8 Å². The third-order valence-corrected chi connectivity index (χ3v) is 4.20. The van der Waals surface area contributed by atoms with E-state index < -0.39 is 0 Å². The van der Waals surface area contributed by atoms with Crippen molar-refractivity contribution in [2.45, 2.75) is 33.2 Å². The second-order valence-corrected chi connectivity index (χ2v) is 6.54. The second kappa shape index (κ2) is 8.05. The molecule has 25 heavy (non-hydrogen) atoms. The summed E-state index contributed by atoms with van der Waals surface area (Å²) in [6.07, 6.45) is 0.927. The lowest BCUT2D eigenvalue weighted by atomic mass is 10.0. The van der Waals surface area contributed by atoms with E-state index in [0.717, 1.165) is 6.42 Å². The van der Waals surface area contributed by atoms with E-state index in [1.807, 2.05) is 6.92 Å². The minimum atomic E-state index is -0.162. The average molecular weight is 346 g/mol. The Kier molecular flexibility index (Phi) is 6.07. The van der Waals surface area contributed by atoms with Gasteiger partial charge >= 0.3 is 0 Å². The van der Waals surface area contributed by atoms with Crippen LogP contribution in [0.3, 0.4) is 0 Å². The number of ether oxygens (including phenoxy) is 2. The molecule has 2 rings (SSSR count). The van der Waals surface area contributed by atoms with Crippen molar-refractivity contribution in [1.82, 2.24) is 10.1 Å². The zero-order valence-corrected chi connectivity index (χ0v) is 15.7. The Morgan fingerprint density at radius 1 is 1.20 bits per heavy atom. The monoisotopic (exact) mass is 346 g/mol. The summed E-state index contributed by atoms with van der Waals surface area (Å²) in [5, 5.41) is 3.94. The summed E-state index contributed by atoms with van der Waals surface area (Å²) in [6, 6.07) is 7.14. The number of methoxy groups -OCH3 is 2. The molecule has 0 N–H and O–H groups in total. The highest BCUT2D eigenvalue weighted by Gasteiger charge is 2.23. The van der Waals surface area contributed by atoms with E-state index >= 15 is 0 Å². The first-order chi connectivity index (χ1) is 11.9. The lowest BCUT2D eigenvalue weighted by molar-refractivity contribution is 0.0718. The van der Waals surface area contributed by atoms with Crippen molar-refractivity contribution in [3.05, 3.63) is 30.0 Å². The van der Waals surface area contributed by atoms with Gasteiger partial charge in [0.05, 0.1) is 19.8 Å². The summed E-state index contributed by atoms with van der Waals surface area (Å²) in [5.74, 6) is 2.11. The smallest absolute Gasteiger partial charge is 0.276 e. The molecule has 2 aromatic rings. The Labute approximate surface area is 148 Å². The molecular weight excluding hydrogens is 320 g/mol. The lowest BCUT2D eigenvalue weighted by Crippen LogP contribution is -2.36. The van der Waals surface area contributed by atoms with E-state index in [9.17, 15) is 4.79 Å². The maximum Gasteiger partial charge on any atom is 0.276 e. The predicted octanol–water partition coefficient (Wildman–Crippen LogP) is 3.87. The van der Waals surface area contributed by atoms with Gasteiger partial charge in [-0.05, 0) is 37.5 Å². The largest absolute Gasteiger partial charge is 0.497 e. The van der Waals surface area contributed by atoms with Crippen LogP contribution < -0.4 is 9.47 Å². The minimum absolute atomic E-state index is 0.124. The highest BCUT2D eigenvalue weighted by Crippen LogP contribution is 2.34. The topological polar surface area (TPSA) is 64.8 Å². The van der Waals surface area contributed by atoms with Crippen molar-refractivity contribution in [3.63, 3.8) is 0 Å². The fraction of sp³-hybridized carbons (Fsp3) is 0.474. The normalized spacial score (nSPS) is 12.1. The first-order valence-electron chi connectivity index (χ1n) is 8.33. The SMILES string of the molecule is COc1ccc(OC)c(-c2cc(C(=O)N(C)[C@H](C)CC(C)C)no2)c1. The van der Waals surface area contributed by atoms with Crippen LogP contribution in [0.4, 0.5) is 0 Å². The Morgan fingerprint density at radius 3 is 2.52 bits per heavy atom. The van der Waals surface area contributed by atoms with Gasteiger partial charge in [0.2, 0.25) is 0 Å². The van der Waals surface area contributed by atoms with Crippen molar-refractivity contribution in [1.29, 1.82) is 0 Å². The standard InChI is InChI=1S/C19H26N2O4/c1-12(2)9-13(3)21(4)19(22)16-11-18(25-20-16)15-10-14(23-5)7-8-17(15)24-6/h7-8,10-13H,9H2,1-6H3/t13-/m1/s1. The quantitative estimate of drug-likeness (QED) is 0.761. The number of carbonyl (C=O) groups excluding carboxylic acids is 1. The molecule has 0 unspecified atom stereocenters. The summed E-state index contributed by atoms with van der Waals surface area (Å²) >= 11 is 0. The molecule has 136 valence electrons. The molecule has 0 aliphatic heterocycles. The predicted molar refractivity (Wildman–Crippen MR) is 96.1 cm³/mol. The number of aromatic nitrogens is 1. The van der Waals surface area contributed by atoms with Gasteiger partial charge in [-0.1, -0.05) is 19.0 Å². The third kappa shape index (κ3) is 4.32. The summed E-state index contributed by atoms with van der Waals surface area (Å²) < 4.78 is 16.0. The van der Waals surface area contributed by atoms with E-state index in [1.54, 1.807) is 50.4 Å². The first-order valence-corrected chi connectivity index (χ1v) is 8.33. The highest BCUT2D eigenvalue weighted by molar-refractivity contribution is 5.93. The van der Waals surface area contributed by atoms with E-state index in [-0.39, 0.29) is 17.6 Å². The lowest BCUT2D eigenvalue weighted by Gasteiger charge is -2.25. The van der Waals surface area contributed by atoms with Gasteiger partial charge in [-0.15, -0.1) is 0 Å². The van der Waals surface area contributed by atoms with Gasteiger partial charge < -0.3 is 18.9 Å². The molecule has 0 radical (unpaired) electrons. The maximum atomic E-state index is 12.6. The van der Waals surface area contributed by atoms with Crippen LogP contribution >= 0.6 is 0 Å². The van der Waals surface area contributed by atoms with Crippen molar-refractivity contribution in [2.75, 3.05) is 21.3 Å². The van der Waals surface area contributed by atoms with E-state index in [1.165, 1.54) is 0 Å². The van der Waals surface area contributed by atoms with Crippen LogP contribution in [-0.2, 0) is 0 Å². The maximum absolute atomic E-state index is 12.6. The molecule has 0 fully saturated rings. The van der Waals surface area contributed by atoms with E-state index in [4.69, 9.17) is 14.0 Å². The van der Waals surface area contributed by atoms with E-state index in [0.29, 0.717) is 28.7 Å². The van der Waals surface area contributed by atoms with Crippen LogP contribution in [0.5, 0.6) is 11.5 Å². The Bertz CT molecular complexity index is 724. The van der Waals surface area contributed by atoms with Gasteiger partial charge in [0, 0.05) is 19.2 Å². The van der Waals surface area contributed by atoms with Crippen molar-refractivity contribution in [2.24, 2.45) is 5.92 Å². The molecule has 1 heterocycles. The van der Waals surface area contributed by atoms with Crippen LogP contribution in [0.2, 0.25) is 0 Å². The van der Waals surface area contributed by atoms with Gasteiger partial charge in [0.25, 0.3) is 5.91 Å².